The molecule has 0 aromatic carbocycles. The third-order valence-electron chi connectivity index (χ3n) is 12.9. The van der Waals surface area contributed by atoms with Gasteiger partial charge in [-0.15, -0.1) is 0 Å². The Bertz CT molecular complexity index is 1400. The van der Waals surface area contributed by atoms with Gasteiger partial charge in [0.2, 0.25) is 5.91 Å². The number of carbonyl (C=O) groups excluding carboxylic acids is 2. The van der Waals surface area contributed by atoms with Crippen LogP contribution in [0.5, 0.6) is 0 Å². The monoisotopic (exact) mass is 1020 g/mol. The molecule has 414 valence electrons. The highest BCUT2D eigenvalue weighted by Crippen LogP contribution is 2.43. The Morgan fingerprint density at radius 3 is 1.37 bits per heavy atom. The quantitative estimate of drug-likeness (QED) is 0.0205. The SMILES string of the molecule is CC/C=C/C/C=C/CCCCCCCCCC(=O)OC(/C=C\CCCCCCCCCCCC)C(COP(=O)(O)OCC[N+](C)(C)C)NC(=O)CCCCCCCCCCC/C=C\C/C=C\CCCCC. The van der Waals surface area contributed by atoms with Gasteiger partial charge >= 0.3 is 13.8 Å². The average Bonchev–Trinajstić information content (AvgIpc) is 3.33. The van der Waals surface area contributed by atoms with E-state index >= 15 is 0 Å². The van der Waals surface area contributed by atoms with Crippen molar-refractivity contribution >= 4 is 19.7 Å². The number of amides is 1. The molecule has 0 aliphatic rings. The van der Waals surface area contributed by atoms with Gasteiger partial charge in [0, 0.05) is 12.8 Å². The number of nitrogens with zero attached hydrogens (tertiary/aromatic N) is 1. The first-order chi connectivity index (χ1) is 34.4. The smallest absolute Gasteiger partial charge is 0.456 e. The number of likely N-dealkylation sites (N-methyl/N-ethyl adjacent to an activating group) is 1. The van der Waals surface area contributed by atoms with Crippen LogP contribution >= 0.6 is 7.82 Å². The summed E-state index contributed by atoms with van der Waals surface area (Å²) in [4.78, 5) is 37.6. The van der Waals surface area contributed by atoms with E-state index in [1.54, 1.807) is 0 Å². The molecule has 0 aromatic heterocycles. The molecule has 1 amide bonds. The number of ether oxygens (including phenoxy) is 1. The number of esters is 1. The van der Waals surface area contributed by atoms with Crippen molar-refractivity contribution in [1.82, 2.24) is 5.32 Å². The van der Waals surface area contributed by atoms with Crippen LogP contribution in [0.4, 0.5) is 0 Å². The fourth-order valence-electron chi connectivity index (χ4n) is 8.36. The van der Waals surface area contributed by atoms with Crippen LogP contribution in [-0.2, 0) is 27.9 Å². The summed E-state index contributed by atoms with van der Waals surface area (Å²) in [5.41, 5.74) is 0. The number of nitrogens with one attached hydrogen (secondary N) is 1. The van der Waals surface area contributed by atoms with Crippen molar-refractivity contribution in [1.29, 1.82) is 0 Å². The van der Waals surface area contributed by atoms with E-state index < -0.39 is 20.0 Å². The maximum absolute atomic E-state index is 13.5. The van der Waals surface area contributed by atoms with Crippen LogP contribution in [0.2, 0.25) is 0 Å². The second kappa shape index (κ2) is 51.2. The minimum atomic E-state index is -4.45. The Kier molecular flexibility index (Phi) is 49.6. The van der Waals surface area contributed by atoms with Gasteiger partial charge in [0.05, 0.1) is 33.8 Å². The molecule has 3 unspecified atom stereocenters. The molecule has 0 saturated heterocycles. The number of carbonyl (C=O) groups is 2. The van der Waals surface area contributed by atoms with Crippen molar-refractivity contribution in [3.8, 4) is 0 Å². The van der Waals surface area contributed by atoms with Gasteiger partial charge in [-0.3, -0.25) is 18.6 Å². The molecule has 71 heavy (non-hydrogen) atoms. The van der Waals surface area contributed by atoms with Crippen LogP contribution in [-0.4, -0.2) is 74.3 Å². The van der Waals surface area contributed by atoms with Crippen LogP contribution < -0.4 is 5.32 Å². The topological polar surface area (TPSA) is 111 Å². The van der Waals surface area contributed by atoms with Crippen LogP contribution in [0.3, 0.4) is 0 Å². The number of unbranched alkanes of at least 4 members (excludes halogenated alkanes) is 29. The van der Waals surface area contributed by atoms with E-state index in [1.807, 2.05) is 33.3 Å². The highest BCUT2D eigenvalue weighted by molar-refractivity contribution is 7.47. The lowest BCUT2D eigenvalue weighted by Gasteiger charge is -2.27. The van der Waals surface area contributed by atoms with Crippen molar-refractivity contribution in [3.63, 3.8) is 0 Å². The Morgan fingerprint density at radius 1 is 0.507 bits per heavy atom. The molecule has 0 saturated carbocycles. The van der Waals surface area contributed by atoms with Crippen LogP contribution in [0.15, 0.2) is 60.8 Å². The van der Waals surface area contributed by atoms with Crippen LogP contribution in [0.1, 0.15) is 265 Å². The maximum Gasteiger partial charge on any atom is 0.472 e. The van der Waals surface area contributed by atoms with E-state index in [1.165, 1.54) is 141 Å². The number of rotatable bonds is 53. The largest absolute Gasteiger partial charge is 0.472 e. The number of allylic oxidation sites excluding steroid dienone is 9. The first kappa shape index (κ1) is 68.7. The molecule has 0 aliphatic heterocycles. The molecular formula is C61H114N2O7P+. The maximum atomic E-state index is 13.5. The average molecular weight is 1020 g/mol. The van der Waals surface area contributed by atoms with E-state index in [-0.39, 0.29) is 31.5 Å². The van der Waals surface area contributed by atoms with E-state index in [0.29, 0.717) is 17.4 Å². The third kappa shape index (κ3) is 52.4. The highest BCUT2D eigenvalue weighted by atomic mass is 31.2. The minimum Gasteiger partial charge on any atom is -0.456 e. The number of phosphoric ester groups is 1. The fraction of sp³-hybridized carbons (Fsp3) is 0.803. The second-order valence-electron chi connectivity index (χ2n) is 21.1. The van der Waals surface area contributed by atoms with Crippen molar-refractivity contribution in [2.45, 2.75) is 277 Å². The van der Waals surface area contributed by atoms with Gasteiger partial charge in [0.1, 0.15) is 19.3 Å². The molecule has 0 aromatic rings. The lowest BCUT2D eigenvalue weighted by atomic mass is 10.0. The molecule has 0 rings (SSSR count). The summed E-state index contributed by atoms with van der Waals surface area (Å²) in [5, 5.41) is 3.05. The number of phosphoric acid groups is 1. The Morgan fingerprint density at radius 2 is 0.901 bits per heavy atom. The number of hydrogen-bond acceptors (Lipinski definition) is 6. The highest BCUT2D eigenvalue weighted by Gasteiger charge is 2.30. The Balaban J connectivity index is 5.29. The summed E-state index contributed by atoms with van der Waals surface area (Å²) < 4.78 is 30.6. The summed E-state index contributed by atoms with van der Waals surface area (Å²) in [6.45, 7) is 6.88. The Labute approximate surface area is 439 Å². The molecule has 2 N–H and O–H groups in total. The van der Waals surface area contributed by atoms with E-state index in [2.05, 4.69) is 74.7 Å². The zero-order valence-electron chi connectivity index (χ0n) is 47.2. The molecule has 10 heteroatoms. The standard InChI is InChI=1S/C61H113N2O7P/c1-7-10-13-16-19-22-25-28-30-31-32-33-34-35-38-41-44-47-50-53-60(64)62-58(57-69-71(66,67)68-56-55-63(4,5)6)59(52-49-46-43-40-37-27-24-21-18-15-12-9-3)70-61(65)54-51-48-45-42-39-36-29-26-23-20-17-14-11-8-2/h11,14,19-20,22-23,28,30,49,52,58-59H,7-10,12-13,15-18,21,24-27,29,31-48,50-51,53-57H2,1-6H3,(H-,62,64,66,67)/p+1/b14-11+,22-19-,23-20+,30-28-,52-49-. The third-order valence-corrected chi connectivity index (χ3v) is 13.9. The minimum absolute atomic E-state index is 0.0369. The summed E-state index contributed by atoms with van der Waals surface area (Å²) >= 11 is 0. The van der Waals surface area contributed by atoms with Gasteiger partial charge in [-0.25, -0.2) is 4.57 Å². The van der Waals surface area contributed by atoms with Crippen molar-refractivity contribution in [2.75, 3.05) is 40.9 Å². The van der Waals surface area contributed by atoms with Crippen molar-refractivity contribution in [3.05, 3.63) is 60.8 Å². The Hall–Kier alpha value is -2.29. The predicted molar refractivity (Wildman–Crippen MR) is 305 cm³/mol. The summed E-state index contributed by atoms with van der Waals surface area (Å²) in [6, 6.07) is -0.854. The van der Waals surface area contributed by atoms with Gasteiger partial charge in [-0.05, 0) is 89.5 Å². The molecule has 0 fully saturated rings. The van der Waals surface area contributed by atoms with Gasteiger partial charge in [-0.2, -0.15) is 0 Å². The van der Waals surface area contributed by atoms with Crippen LogP contribution in [0, 0.1) is 0 Å². The van der Waals surface area contributed by atoms with Gasteiger partial charge < -0.3 is 19.4 Å². The lowest BCUT2D eigenvalue weighted by Crippen LogP contribution is -2.47. The molecule has 0 heterocycles. The van der Waals surface area contributed by atoms with Gasteiger partial charge in [-0.1, -0.05) is 223 Å². The normalized spacial score (nSPS) is 14.2. The summed E-state index contributed by atoms with van der Waals surface area (Å²) in [6.07, 6.45) is 63.5. The first-order valence-electron chi connectivity index (χ1n) is 29.6. The lowest BCUT2D eigenvalue weighted by molar-refractivity contribution is -0.870. The molecule has 0 aliphatic carbocycles. The fourth-order valence-corrected chi connectivity index (χ4v) is 9.10. The first-order valence-corrected chi connectivity index (χ1v) is 31.1. The molecule has 0 bridgehead atoms. The van der Waals surface area contributed by atoms with E-state index in [9.17, 15) is 19.0 Å². The predicted octanol–water partition coefficient (Wildman–Crippen LogP) is 17.9. The van der Waals surface area contributed by atoms with Crippen molar-refractivity contribution in [2.24, 2.45) is 0 Å². The molecule has 0 radical (unpaired) electrons. The molecule has 3 atom stereocenters. The zero-order chi connectivity index (χ0) is 52.2. The second-order valence-corrected chi connectivity index (χ2v) is 22.6. The zero-order valence-corrected chi connectivity index (χ0v) is 48.1. The molecular weight excluding hydrogens is 904 g/mol. The van der Waals surface area contributed by atoms with Gasteiger partial charge in [0.25, 0.3) is 0 Å². The van der Waals surface area contributed by atoms with Gasteiger partial charge in [0.15, 0.2) is 0 Å². The van der Waals surface area contributed by atoms with Crippen LogP contribution in [0.25, 0.3) is 0 Å². The molecule has 0 spiro atoms. The summed E-state index contributed by atoms with van der Waals surface area (Å²) in [5.74, 6) is -0.517. The number of hydrogen-bond donors (Lipinski definition) is 2. The summed E-state index contributed by atoms with van der Waals surface area (Å²) in [7, 11) is 1.49. The number of quaternary nitrogens is 1. The van der Waals surface area contributed by atoms with E-state index in [0.717, 1.165) is 89.9 Å². The van der Waals surface area contributed by atoms with Crippen molar-refractivity contribution < 1.29 is 37.3 Å². The molecule has 9 nitrogen and oxygen atoms in total. The van der Waals surface area contributed by atoms with E-state index in [4.69, 9.17) is 13.8 Å².